The van der Waals surface area contributed by atoms with Crippen molar-refractivity contribution in [3.8, 4) is 0 Å². The maximum absolute atomic E-state index is 11.7. The van der Waals surface area contributed by atoms with Crippen LogP contribution in [-0.4, -0.2) is 22.9 Å². The molecule has 0 bridgehead atoms. The molecule has 0 saturated carbocycles. The lowest BCUT2D eigenvalue weighted by atomic mass is 10.1. The summed E-state index contributed by atoms with van der Waals surface area (Å²) in [5, 5.41) is 3.90. The number of amides is 1. The maximum atomic E-state index is 11.7. The zero-order valence-corrected chi connectivity index (χ0v) is 13.6. The first-order valence-corrected chi connectivity index (χ1v) is 8.17. The molecule has 0 spiro atoms. The molecule has 0 radical (unpaired) electrons. The molecule has 0 atom stereocenters. The second-order valence-electron chi connectivity index (χ2n) is 5.04. The van der Waals surface area contributed by atoms with Crippen LogP contribution in [0.2, 0.25) is 0 Å². The summed E-state index contributed by atoms with van der Waals surface area (Å²) in [5.41, 5.74) is 6.97. The van der Waals surface area contributed by atoms with Crippen LogP contribution >= 0.6 is 11.8 Å². The first-order valence-electron chi connectivity index (χ1n) is 7.01. The number of benzene rings is 1. The number of rotatable bonds is 6. The van der Waals surface area contributed by atoms with Gasteiger partial charge in [-0.3, -0.25) is 9.78 Å². The number of carbonyl (C=O) groups excluding carboxylic acids is 1. The summed E-state index contributed by atoms with van der Waals surface area (Å²) in [4.78, 5) is 15.8. The second-order valence-corrected chi connectivity index (χ2v) is 6.02. The summed E-state index contributed by atoms with van der Waals surface area (Å²) in [7, 11) is 0. The summed E-state index contributed by atoms with van der Waals surface area (Å²) in [6.45, 7) is 4.17. The number of nitrogens with one attached hydrogen (secondary N) is 1. The predicted molar refractivity (Wildman–Crippen MR) is 92.1 cm³/mol. The second kappa shape index (κ2) is 8.34. The van der Waals surface area contributed by atoms with E-state index in [1.165, 1.54) is 22.9 Å². The molecule has 0 saturated heterocycles. The maximum Gasteiger partial charge on any atom is 0.250 e. The highest BCUT2D eigenvalue weighted by molar-refractivity contribution is 7.99. The van der Waals surface area contributed by atoms with Crippen molar-refractivity contribution < 1.29 is 4.79 Å². The van der Waals surface area contributed by atoms with E-state index in [0.29, 0.717) is 11.4 Å². The minimum absolute atomic E-state index is 0.110. The van der Waals surface area contributed by atoms with Gasteiger partial charge >= 0.3 is 0 Å². The van der Waals surface area contributed by atoms with Gasteiger partial charge in [-0.1, -0.05) is 35.4 Å². The van der Waals surface area contributed by atoms with E-state index < -0.39 is 0 Å². The molecule has 0 aliphatic rings. The van der Waals surface area contributed by atoms with E-state index in [0.717, 1.165) is 5.75 Å². The van der Waals surface area contributed by atoms with Crippen molar-refractivity contribution >= 4 is 23.9 Å². The summed E-state index contributed by atoms with van der Waals surface area (Å²) < 4.78 is 0. The summed E-state index contributed by atoms with van der Waals surface area (Å²) in [6, 6.07) is 12.0. The molecule has 1 heterocycles. The number of hydrogen-bond donors (Lipinski definition) is 1. The third-order valence-electron chi connectivity index (χ3n) is 2.86. The van der Waals surface area contributed by atoms with Gasteiger partial charge in [0, 0.05) is 11.9 Å². The molecular formula is C17H19N3OS. The molecule has 1 amide bonds. The Kier molecular flexibility index (Phi) is 6.15. The quantitative estimate of drug-likeness (QED) is 0.658. The number of hydrazone groups is 1. The van der Waals surface area contributed by atoms with Crippen LogP contribution in [0, 0.1) is 13.8 Å². The van der Waals surface area contributed by atoms with Gasteiger partial charge in [0.05, 0.1) is 17.7 Å². The van der Waals surface area contributed by atoms with Crippen LogP contribution < -0.4 is 5.43 Å². The van der Waals surface area contributed by atoms with Crippen LogP contribution in [-0.2, 0) is 10.5 Å². The van der Waals surface area contributed by atoms with Crippen LogP contribution in [0.25, 0.3) is 0 Å². The molecule has 2 aromatic rings. The van der Waals surface area contributed by atoms with Gasteiger partial charge in [-0.05, 0) is 31.5 Å². The molecule has 5 heteroatoms. The van der Waals surface area contributed by atoms with Gasteiger partial charge < -0.3 is 0 Å². The molecule has 1 N–H and O–H groups in total. The van der Waals surface area contributed by atoms with E-state index in [9.17, 15) is 4.79 Å². The van der Waals surface area contributed by atoms with Crippen LogP contribution in [0.15, 0.2) is 47.7 Å². The van der Waals surface area contributed by atoms with Crippen molar-refractivity contribution in [1.29, 1.82) is 0 Å². The van der Waals surface area contributed by atoms with E-state index >= 15 is 0 Å². The molecule has 0 aliphatic carbocycles. The molecule has 22 heavy (non-hydrogen) atoms. The fourth-order valence-corrected chi connectivity index (χ4v) is 2.82. The van der Waals surface area contributed by atoms with Gasteiger partial charge in [0.25, 0.3) is 0 Å². The highest BCUT2D eigenvalue weighted by Crippen LogP contribution is 2.15. The average molecular weight is 313 g/mol. The Balaban J connectivity index is 1.73. The largest absolute Gasteiger partial charge is 0.272 e. The molecule has 0 unspecified atom stereocenters. The smallest absolute Gasteiger partial charge is 0.250 e. The summed E-state index contributed by atoms with van der Waals surface area (Å²) >= 11 is 1.58. The normalized spacial score (nSPS) is 10.8. The Hall–Kier alpha value is -2.14. The van der Waals surface area contributed by atoms with Gasteiger partial charge in [-0.15, -0.1) is 11.8 Å². The molecule has 4 nitrogen and oxygen atoms in total. The lowest BCUT2D eigenvalue weighted by Gasteiger charge is -2.04. The van der Waals surface area contributed by atoms with E-state index in [2.05, 4.69) is 47.6 Å². The van der Waals surface area contributed by atoms with Crippen molar-refractivity contribution in [2.45, 2.75) is 19.6 Å². The number of carbonyl (C=O) groups is 1. The van der Waals surface area contributed by atoms with Crippen molar-refractivity contribution in [3.05, 3.63) is 65.0 Å². The number of hydrogen-bond acceptors (Lipinski definition) is 4. The average Bonchev–Trinajstić information content (AvgIpc) is 2.47. The fourth-order valence-electron chi connectivity index (χ4n) is 2.07. The van der Waals surface area contributed by atoms with E-state index in [1.54, 1.807) is 18.0 Å². The first-order chi connectivity index (χ1) is 10.6. The molecule has 0 fully saturated rings. The Labute approximate surface area is 135 Å². The van der Waals surface area contributed by atoms with E-state index in [1.807, 2.05) is 18.2 Å². The Morgan fingerprint density at radius 1 is 1.27 bits per heavy atom. The third kappa shape index (κ3) is 5.69. The highest BCUT2D eigenvalue weighted by atomic mass is 32.2. The Morgan fingerprint density at radius 3 is 2.73 bits per heavy atom. The minimum Gasteiger partial charge on any atom is -0.272 e. The zero-order chi connectivity index (χ0) is 15.8. The standard InChI is InChI=1S/C17H19N3OS/c1-13-7-14(2)9-15(8-13)11-22-12-17(21)20-19-10-16-5-3-4-6-18-16/h3-10H,11-12H2,1-2H3,(H,20,21)/b19-10+. The van der Waals surface area contributed by atoms with Gasteiger partial charge in [0.2, 0.25) is 5.91 Å². The third-order valence-corrected chi connectivity index (χ3v) is 3.86. The van der Waals surface area contributed by atoms with Crippen molar-refractivity contribution in [2.75, 3.05) is 5.75 Å². The number of aromatic nitrogens is 1. The van der Waals surface area contributed by atoms with E-state index in [4.69, 9.17) is 0 Å². The molecule has 0 aliphatic heterocycles. The lowest BCUT2D eigenvalue weighted by Crippen LogP contribution is -2.19. The summed E-state index contributed by atoms with van der Waals surface area (Å²) in [6.07, 6.45) is 3.22. The molecule has 2 rings (SSSR count). The Bertz CT molecular complexity index is 636. The topological polar surface area (TPSA) is 54.4 Å². The van der Waals surface area contributed by atoms with Gasteiger partial charge in [0.15, 0.2) is 0 Å². The van der Waals surface area contributed by atoms with Crippen LogP contribution in [0.1, 0.15) is 22.4 Å². The van der Waals surface area contributed by atoms with Crippen LogP contribution in [0.5, 0.6) is 0 Å². The molecular weight excluding hydrogens is 294 g/mol. The number of aryl methyl sites for hydroxylation is 2. The fraction of sp³-hybridized carbons (Fsp3) is 0.235. The minimum atomic E-state index is -0.110. The zero-order valence-electron chi connectivity index (χ0n) is 12.7. The van der Waals surface area contributed by atoms with Crippen molar-refractivity contribution in [1.82, 2.24) is 10.4 Å². The van der Waals surface area contributed by atoms with Gasteiger partial charge in [-0.2, -0.15) is 5.10 Å². The number of pyridine rings is 1. The van der Waals surface area contributed by atoms with Crippen LogP contribution in [0.3, 0.4) is 0 Å². The molecule has 114 valence electrons. The molecule has 1 aromatic carbocycles. The SMILES string of the molecule is Cc1cc(C)cc(CSCC(=O)N/N=C/c2ccccn2)c1. The monoisotopic (exact) mass is 313 g/mol. The number of thioether (sulfide) groups is 1. The Morgan fingerprint density at radius 2 is 2.05 bits per heavy atom. The van der Waals surface area contributed by atoms with Crippen molar-refractivity contribution in [3.63, 3.8) is 0 Å². The van der Waals surface area contributed by atoms with Gasteiger partial charge in [0.1, 0.15) is 0 Å². The van der Waals surface area contributed by atoms with Gasteiger partial charge in [-0.25, -0.2) is 5.43 Å². The lowest BCUT2D eigenvalue weighted by molar-refractivity contribution is -0.118. The molecule has 1 aromatic heterocycles. The highest BCUT2D eigenvalue weighted by Gasteiger charge is 2.01. The van der Waals surface area contributed by atoms with E-state index in [-0.39, 0.29) is 5.91 Å². The first kappa shape index (κ1) is 16.2. The van der Waals surface area contributed by atoms with Crippen LogP contribution in [0.4, 0.5) is 0 Å². The van der Waals surface area contributed by atoms with Crippen molar-refractivity contribution in [2.24, 2.45) is 5.10 Å². The number of nitrogens with zero attached hydrogens (tertiary/aromatic N) is 2. The summed E-state index contributed by atoms with van der Waals surface area (Å²) in [5.74, 6) is 1.09. The predicted octanol–water partition coefficient (Wildman–Crippen LogP) is 3.08.